The largest absolute Gasteiger partial charge is 0.337 e. The summed E-state index contributed by atoms with van der Waals surface area (Å²) in [6.45, 7) is 3.75. The van der Waals surface area contributed by atoms with Crippen molar-refractivity contribution in [3.8, 4) is 0 Å². The topological polar surface area (TPSA) is 58.1 Å². The first-order chi connectivity index (χ1) is 10.8. The summed E-state index contributed by atoms with van der Waals surface area (Å²) >= 11 is 0. The van der Waals surface area contributed by atoms with Crippen LogP contribution in [0.5, 0.6) is 0 Å². The van der Waals surface area contributed by atoms with E-state index in [4.69, 9.17) is 0 Å². The average Bonchev–Trinajstić information content (AvgIpc) is 3.09. The molecule has 2 heterocycles. The summed E-state index contributed by atoms with van der Waals surface area (Å²) < 4.78 is 0. The summed E-state index contributed by atoms with van der Waals surface area (Å²) in [6, 6.07) is 9.73. The van der Waals surface area contributed by atoms with Crippen molar-refractivity contribution in [1.29, 1.82) is 0 Å². The lowest BCUT2D eigenvalue weighted by Crippen LogP contribution is -2.28. The molecule has 1 aliphatic rings. The fourth-order valence-electron chi connectivity index (χ4n) is 2.69. The van der Waals surface area contributed by atoms with E-state index in [0.717, 1.165) is 38.0 Å². The fourth-order valence-corrected chi connectivity index (χ4v) is 2.69. The molecule has 0 atom stereocenters. The summed E-state index contributed by atoms with van der Waals surface area (Å²) in [6.07, 6.45) is 4.71. The van der Waals surface area contributed by atoms with E-state index in [0.29, 0.717) is 11.6 Å². The van der Waals surface area contributed by atoms with Gasteiger partial charge in [0.2, 0.25) is 5.95 Å². The van der Waals surface area contributed by atoms with E-state index in [1.165, 1.54) is 5.56 Å². The van der Waals surface area contributed by atoms with Crippen LogP contribution in [0.4, 0.5) is 11.6 Å². The van der Waals surface area contributed by atoms with Crippen LogP contribution in [0.1, 0.15) is 35.8 Å². The van der Waals surface area contributed by atoms with Gasteiger partial charge in [0.25, 0.3) is 5.91 Å². The summed E-state index contributed by atoms with van der Waals surface area (Å²) in [5.74, 6) is 0.456. The highest BCUT2D eigenvalue weighted by atomic mass is 16.2. The third-order valence-corrected chi connectivity index (χ3v) is 3.91. The Balaban J connectivity index is 1.80. The number of hydrogen-bond acceptors (Lipinski definition) is 4. The third-order valence-electron chi connectivity index (χ3n) is 3.91. The van der Waals surface area contributed by atoms with Crippen LogP contribution in [-0.4, -0.2) is 33.9 Å². The Morgan fingerprint density at radius 3 is 2.77 bits per heavy atom. The van der Waals surface area contributed by atoms with E-state index in [-0.39, 0.29) is 5.91 Å². The number of nitrogens with one attached hydrogen (secondary N) is 1. The number of benzene rings is 1. The van der Waals surface area contributed by atoms with Crippen LogP contribution >= 0.6 is 0 Å². The molecule has 1 saturated heterocycles. The predicted octanol–water partition coefficient (Wildman–Crippen LogP) is 3.02. The molecule has 22 heavy (non-hydrogen) atoms. The molecule has 2 aromatic rings. The molecule has 5 nitrogen and oxygen atoms in total. The number of para-hydroxylation sites is 1. The Kier molecular flexibility index (Phi) is 4.32. The SMILES string of the molecule is CCc1ccccc1Nc1nccc(C(=O)N2CCCC2)n1. The van der Waals surface area contributed by atoms with Crippen molar-refractivity contribution in [3.05, 3.63) is 47.8 Å². The van der Waals surface area contributed by atoms with Crippen LogP contribution in [0.3, 0.4) is 0 Å². The number of aromatic nitrogens is 2. The van der Waals surface area contributed by atoms with Crippen molar-refractivity contribution < 1.29 is 4.79 Å². The number of likely N-dealkylation sites (tertiary alicyclic amines) is 1. The first kappa shape index (κ1) is 14.5. The molecule has 1 amide bonds. The first-order valence-electron chi connectivity index (χ1n) is 7.75. The highest BCUT2D eigenvalue weighted by Gasteiger charge is 2.20. The molecule has 0 saturated carbocycles. The van der Waals surface area contributed by atoms with Gasteiger partial charge in [-0.15, -0.1) is 0 Å². The minimum absolute atomic E-state index is 0.00766. The predicted molar refractivity (Wildman–Crippen MR) is 86.3 cm³/mol. The summed E-state index contributed by atoms with van der Waals surface area (Å²) in [7, 11) is 0. The average molecular weight is 296 g/mol. The van der Waals surface area contributed by atoms with E-state index in [9.17, 15) is 4.79 Å². The van der Waals surface area contributed by atoms with Gasteiger partial charge < -0.3 is 10.2 Å². The summed E-state index contributed by atoms with van der Waals surface area (Å²) in [5.41, 5.74) is 2.63. The molecule has 0 aliphatic carbocycles. The number of carbonyl (C=O) groups excluding carboxylic acids is 1. The number of anilines is 2. The lowest BCUT2D eigenvalue weighted by molar-refractivity contribution is 0.0787. The first-order valence-corrected chi connectivity index (χ1v) is 7.75. The molecule has 1 aliphatic heterocycles. The highest BCUT2D eigenvalue weighted by molar-refractivity contribution is 5.92. The Labute approximate surface area is 130 Å². The highest BCUT2D eigenvalue weighted by Crippen LogP contribution is 2.19. The maximum atomic E-state index is 12.4. The van der Waals surface area contributed by atoms with Gasteiger partial charge in [0.15, 0.2) is 0 Å². The van der Waals surface area contributed by atoms with Crippen LogP contribution < -0.4 is 5.32 Å². The molecule has 1 aromatic carbocycles. The Morgan fingerprint density at radius 1 is 1.23 bits per heavy atom. The van der Waals surface area contributed by atoms with Crippen molar-refractivity contribution in [2.24, 2.45) is 0 Å². The van der Waals surface area contributed by atoms with Crippen molar-refractivity contribution in [2.45, 2.75) is 26.2 Å². The third kappa shape index (κ3) is 3.08. The number of rotatable bonds is 4. The molecule has 1 aromatic heterocycles. The van der Waals surface area contributed by atoms with Gasteiger partial charge in [-0.3, -0.25) is 4.79 Å². The second-order valence-corrected chi connectivity index (χ2v) is 5.40. The second kappa shape index (κ2) is 6.56. The smallest absolute Gasteiger partial charge is 0.272 e. The molecule has 5 heteroatoms. The second-order valence-electron chi connectivity index (χ2n) is 5.40. The van der Waals surface area contributed by atoms with E-state index < -0.39 is 0 Å². The van der Waals surface area contributed by atoms with E-state index in [2.05, 4.69) is 28.3 Å². The maximum absolute atomic E-state index is 12.4. The zero-order valence-corrected chi connectivity index (χ0v) is 12.7. The van der Waals surface area contributed by atoms with Gasteiger partial charge in [-0.25, -0.2) is 9.97 Å². The Hall–Kier alpha value is -2.43. The van der Waals surface area contributed by atoms with E-state index in [1.807, 2.05) is 23.1 Å². The molecular formula is C17H20N4O. The molecule has 0 bridgehead atoms. The Morgan fingerprint density at radius 2 is 2.00 bits per heavy atom. The molecule has 114 valence electrons. The number of carbonyl (C=O) groups is 1. The van der Waals surface area contributed by atoms with Gasteiger partial charge in [0.05, 0.1) is 0 Å². The minimum Gasteiger partial charge on any atom is -0.337 e. The number of hydrogen-bond donors (Lipinski definition) is 1. The number of amides is 1. The standard InChI is InChI=1S/C17H20N4O/c1-2-13-7-3-4-8-14(13)19-17-18-10-9-15(20-17)16(22)21-11-5-6-12-21/h3-4,7-10H,2,5-6,11-12H2,1H3,(H,18,19,20). The monoisotopic (exact) mass is 296 g/mol. The molecule has 1 fully saturated rings. The van der Waals surface area contributed by atoms with Gasteiger partial charge in [0, 0.05) is 25.0 Å². The minimum atomic E-state index is -0.00766. The summed E-state index contributed by atoms with van der Waals surface area (Å²) in [4.78, 5) is 22.8. The zero-order chi connectivity index (χ0) is 15.4. The van der Waals surface area contributed by atoms with Gasteiger partial charge in [-0.2, -0.15) is 0 Å². The van der Waals surface area contributed by atoms with Crippen LogP contribution in [0, 0.1) is 0 Å². The quantitative estimate of drug-likeness (QED) is 0.942. The maximum Gasteiger partial charge on any atom is 0.272 e. The van der Waals surface area contributed by atoms with Crippen LogP contribution in [0.25, 0.3) is 0 Å². The van der Waals surface area contributed by atoms with Gasteiger partial charge in [0.1, 0.15) is 5.69 Å². The molecule has 3 rings (SSSR count). The van der Waals surface area contributed by atoms with Crippen molar-refractivity contribution in [1.82, 2.24) is 14.9 Å². The number of aryl methyl sites for hydroxylation is 1. The van der Waals surface area contributed by atoms with Gasteiger partial charge >= 0.3 is 0 Å². The zero-order valence-electron chi connectivity index (χ0n) is 12.7. The molecule has 0 spiro atoms. The summed E-state index contributed by atoms with van der Waals surface area (Å²) in [5, 5.41) is 3.22. The lowest BCUT2D eigenvalue weighted by Gasteiger charge is -2.15. The van der Waals surface area contributed by atoms with Crippen LogP contribution in [-0.2, 0) is 6.42 Å². The van der Waals surface area contributed by atoms with Crippen molar-refractivity contribution >= 4 is 17.5 Å². The van der Waals surface area contributed by atoms with E-state index >= 15 is 0 Å². The van der Waals surface area contributed by atoms with Gasteiger partial charge in [-0.1, -0.05) is 25.1 Å². The van der Waals surface area contributed by atoms with Crippen LogP contribution in [0.15, 0.2) is 36.5 Å². The fraction of sp³-hybridized carbons (Fsp3) is 0.353. The lowest BCUT2D eigenvalue weighted by atomic mass is 10.1. The Bertz CT molecular complexity index is 665. The normalized spacial score (nSPS) is 14.1. The van der Waals surface area contributed by atoms with Crippen molar-refractivity contribution in [3.63, 3.8) is 0 Å². The molecule has 0 unspecified atom stereocenters. The van der Waals surface area contributed by atoms with Crippen molar-refractivity contribution in [2.75, 3.05) is 18.4 Å². The van der Waals surface area contributed by atoms with E-state index in [1.54, 1.807) is 12.3 Å². The number of nitrogens with zero attached hydrogens (tertiary/aromatic N) is 3. The molecular weight excluding hydrogens is 276 g/mol. The van der Waals surface area contributed by atoms with Crippen LogP contribution in [0.2, 0.25) is 0 Å². The van der Waals surface area contributed by atoms with Gasteiger partial charge in [-0.05, 0) is 37.0 Å². The molecule has 0 radical (unpaired) electrons. The molecule has 1 N–H and O–H groups in total.